The van der Waals surface area contributed by atoms with Crippen LogP contribution in [0.1, 0.15) is 24.3 Å². The molecule has 1 heterocycles. The summed E-state index contributed by atoms with van der Waals surface area (Å²) in [6, 6.07) is 13.9. The number of hydrogen-bond acceptors (Lipinski definition) is 5. The normalized spacial score (nSPS) is 27.4. The molecular formula is C28H19BrINO5. The highest BCUT2D eigenvalue weighted by Gasteiger charge is 2.56. The quantitative estimate of drug-likeness (QED) is 0.214. The van der Waals surface area contributed by atoms with Gasteiger partial charge in [0.15, 0.2) is 11.6 Å². The number of ketones is 2. The SMILES string of the molecule is O=C1C=C(Br)C(=O)C2=C1[C@@H](c1cccc(O)c1)C1=CC[C@@H]3C(=O)N(c4ccc(I)cc4)C(=O)[C@@H]3[C@@H]1C2. The lowest BCUT2D eigenvalue weighted by Crippen LogP contribution is -2.39. The molecule has 2 amide bonds. The van der Waals surface area contributed by atoms with Crippen molar-refractivity contribution >= 4 is 67.6 Å². The Morgan fingerprint density at radius 2 is 1.72 bits per heavy atom. The fraction of sp³-hybridized carbons (Fsp3) is 0.214. The summed E-state index contributed by atoms with van der Waals surface area (Å²) in [7, 11) is 0. The maximum Gasteiger partial charge on any atom is 0.238 e. The number of aromatic hydroxyl groups is 1. The number of benzene rings is 2. The van der Waals surface area contributed by atoms with Crippen LogP contribution >= 0.6 is 38.5 Å². The summed E-state index contributed by atoms with van der Waals surface area (Å²) in [6.45, 7) is 0. The molecule has 1 saturated heterocycles. The highest BCUT2D eigenvalue weighted by molar-refractivity contribution is 14.1. The van der Waals surface area contributed by atoms with Crippen molar-refractivity contribution in [3.05, 3.63) is 91.0 Å². The molecule has 4 aliphatic rings. The van der Waals surface area contributed by atoms with Crippen LogP contribution < -0.4 is 4.90 Å². The van der Waals surface area contributed by atoms with Gasteiger partial charge in [-0.25, -0.2) is 0 Å². The molecule has 180 valence electrons. The summed E-state index contributed by atoms with van der Waals surface area (Å²) < 4.78 is 1.19. The van der Waals surface area contributed by atoms with E-state index in [9.17, 15) is 24.3 Å². The van der Waals surface area contributed by atoms with Crippen molar-refractivity contribution in [3.63, 3.8) is 0 Å². The van der Waals surface area contributed by atoms with E-state index in [1.807, 2.05) is 24.3 Å². The second-order valence-corrected chi connectivity index (χ2v) is 11.6. The molecule has 6 rings (SSSR count). The largest absolute Gasteiger partial charge is 0.508 e. The number of allylic oxidation sites excluding steroid dienone is 6. The summed E-state index contributed by atoms with van der Waals surface area (Å²) in [4.78, 5) is 55.0. The summed E-state index contributed by atoms with van der Waals surface area (Å²) in [5.74, 6) is -3.13. The third kappa shape index (κ3) is 3.48. The van der Waals surface area contributed by atoms with Crippen molar-refractivity contribution in [3.8, 4) is 5.75 Å². The summed E-state index contributed by atoms with van der Waals surface area (Å²) >= 11 is 5.40. The second-order valence-electron chi connectivity index (χ2n) is 9.48. The Balaban J connectivity index is 1.48. The predicted molar refractivity (Wildman–Crippen MR) is 144 cm³/mol. The van der Waals surface area contributed by atoms with Gasteiger partial charge in [0, 0.05) is 26.7 Å². The third-order valence-electron chi connectivity index (χ3n) is 7.62. The van der Waals surface area contributed by atoms with Gasteiger partial charge in [-0.3, -0.25) is 24.1 Å². The molecular weight excluding hydrogens is 637 g/mol. The van der Waals surface area contributed by atoms with Crippen molar-refractivity contribution in [1.82, 2.24) is 0 Å². The average Bonchev–Trinajstić information content (AvgIpc) is 3.12. The number of imide groups is 1. The molecule has 36 heavy (non-hydrogen) atoms. The molecule has 2 aromatic rings. The number of anilines is 1. The van der Waals surface area contributed by atoms with Crippen LogP contribution in [-0.4, -0.2) is 28.5 Å². The van der Waals surface area contributed by atoms with E-state index >= 15 is 0 Å². The lowest BCUT2D eigenvalue weighted by Gasteiger charge is -2.42. The van der Waals surface area contributed by atoms with Gasteiger partial charge in [0.05, 0.1) is 22.0 Å². The van der Waals surface area contributed by atoms with Crippen LogP contribution in [-0.2, 0) is 19.2 Å². The number of phenolic OH excluding ortho intramolecular Hbond substituents is 1. The molecule has 0 bridgehead atoms. The van der Waals surface area contributed by atoms with Gasteiger partial charge in [-0.05, 0) is 99.2 Å². The van der Waals surface area contributed by atoms with Crippen LogP contribution in [0.25, 0.3) is 0 Å². The number of carbonyl (C=O) groups excluding carboxylic acids is 4. The number of amides is 2. The number of carbonyl (C=O) groups is 4. The number of nitrogens with zero attached hydrogens (tertiary/aromatic N) is 1. The standard InChI is InChI=1S/C28H19BrINO5/c29-21-12-22(33)25-20(26(21)34)11-19-17(23(25)13-2-1-3-16(32)10-13)8-9-18-24(19)28(36)31(27(18)35)15-6-4-14(30)5-7-15/h1-8,10,12,18-19,23-24,32H,9,11H2/t18-,19+,23-,24-/m0/s1. The Morgan fingerprint density at radius 1 is 0.972 bits per heavy atom. The van der Waals surface area contributed by atoms with Crippen LogP contribution in [0.2, 0.25) is 0 Å². The zero-order valence-corrected chi connectivity index (χ0v) is 22.5. The molecule has 0 aromatic heterocycles. The Labute approximate surface area is 229 Å². The van der Waals surface area contributed by atoms with Gasteiger partial charge in [0.25, 0.3) is 0 Å². The lowest BCUT2D eigenvalue weighted by molar-refractivity contribution is -0.123. The zero-order chi connectivity index (χ0) is 25.3. The number of halogens is 2. The molecule has 0 unspecified atom stereocenters. The van der Waals surface area contributed by atoms with Crippen molar-refractivity contribution < 1.29 is 24.3 Å². The molecule has 3 aliphatic carbocycles. The molecule has 0 saturated carbocycles. The first kappa shape index (κ1) is 23.5. The molecule has 0 spiro atoms. The topological polar surface area (TPSA) is 91.8 Å². The molecule has 8 heteroatoms. The van der Waals surface area contributed by atoms with Crippen LogP contribution in [0.3, 0.4) is 0 Å². The molecule has 4 atom stereocenters. The highest BCUT2D eigenvalue weighted by Crippen LogP contribution is 2.55. The van der Waals surface area contributed by atoms with Gasteiger partial charge in [0.1, 0.15) is 5.75 Å². The molecule has 1 aliphatic heterocycles. The fourth-order valence-corrected chi connectivity index (χ4v) is 6.94. The monoisotopic (exact) mass is 655 g/mol. The van der Waals surface area contributed by atoms with Crippen molar-refractivity contribution in [1.29, 1.82) is 0 Å². The van der Waals surface area contributed by atoms with Crippen molar-refractivity contribution in [2.45, 2.75) is 18.8 Å². The average molecular weight is 656 g/mol. The Kier molecular flexibility index (Phi) is 5.64. The van der Waals surface area contributed by atoms with Gasteiger partial charge in [-0.1, -0.05) is 23.8 Å². The minimum absolute atomic E-state index is 0.0503. The van der Waals surface area contributed by atoms with Gasteiger partial charge in [0.2, 0.25) is 11.8 Å². The Hall–Kier alpha value is -2.85. The first-order valence-electron chi connectivity index (χ1n) is 11.6. The Bertz CT molecular complexity index is 1470. The Morgan fingerprint density at radius 3 is 2.44 bits per heavy atom. The maximum atomic E-state index is 13.8. The lowest BCUT2D eigenvalue weighted by atomic mass is 9.59. The fourth-order valence-electron chi connectivity index (χ4n) is 6.14. The van der Waals surface area contributed by atoms with Gasteiger partial charge in [-0.2, -0.15) is 0 Å². The van der Waals surface area contributed by atoms with Crippen LogP contribution in [0, 0.1) is 21.3 Å². The van der Waals surface area contributed by atoms with E-state index in [2.05, 4.69) is 38.5 Å². The smallest absolute Gasteiger partial charge is 0.238 e. The molecule has 6 nitrogen and oxygen atoms in total. The highest BCUT2D eigenvalue weighted by atomic mass is 127. The minimum atomic E-state index is -0.627. The summed E-state index contributed by atoms with van der Waals surface area (Å²) in [6.07, 6.45) is 3.86. The van der Waals surface area contributed by atoms with E-state index in [1.54, 1.807) is 30.3 Å². The van der Waals surface area contributed by atoms with Crippen LogP contribution in [0.5, 0.6) is 5.75 Å². The predicted octanol–water partition coefficient (Wildman–Crippen LogP) is 4.96. The summed E-state index contributed by atoms with van der Waals surface area (Å²) in [5, 5.41) is 10.2. The number of fused-ring (bicyclic) bond motifs is 3. The number of hydrogen-bond donors (Lipinski definition) is 1. The number of Topliss-reactive ketones (excluding diaryl/α,β-unsaturated/α-hetero) is 1. The van der Waals surface area contributed by atoms with E-state index in [1.165, 1.54) is 11.0 Å². The maximum absolute atomic E-state index is 13.8. The van der Waals surface area contributed by atoms with Crippen molar-refractivity contribution in [2.24, 2.45) is 17.8 Å². The van der Waals surface area contributed by atoms with Crippen LogP contribution in [0.4, 0.5) is 5.69 Å². The number of phenols is 1. The van der Waals surface area contributed by atoms with Gasteiger partial charge < -0.3 is 5.11 Å². The first-order chi connectivity index (χ1) is 17.3. The number of rotatable bonds is 2. The summed E-state index contributed by atoms with van der Waals surface area (Å²) in [5.41, 5.74) is 2.84. The van der Waals surface area contributed by atoms with Gasteiger partial charge >= 0.3 is 0 Å². The van der Waals surface area contributed by atoms with E-state index in [4.69, 9.17) is 0 Å². The molecule has 1 fully saturated rings. The van der Waals surface area contributed by atoms with E-state index in [0.29, 0.717) is 28.8 Å². The zero-order valence-electron chi connectivity index (χ0n) is 18.8. The minimum Gasteiger partial charge on any atom is -0.508 e. The van der Waals surface area contributed by atoms with E-state index < -0.39 is 23.7 Å². The van der Waals surface area contributed by atoms with Crippen LogP contribution in [0.15, 0.2) is 81.9 Å². The van der Waals surface area contributed by atoms with Gasteiger partial charge in [-0.15, -0.1) is 0 Å². The third-order valence-corrected chi connectivity index (χ3v) is 8.93. The molecule has 1 N–H and O–H groups in total. The molecule has 0 radical (unpaired) electrons. The first-order valence-corrected chi connectivity index (χ1v) is 13.4. The van der Waals surface area contributed by atoms with E-state index in [0.717, 1.165) is 9.14 Å². The van der Waals surface area contributed by atoms with Crippen molar-refractivity contribution in [2.75, 3.05) is 4.90 Å². The van der Waals surface area contributed by atoms with E-state index in [-0.39, 0.29) is 40.0 Å². The second kappa shape index (κ2) is 8.62. The molecule has 2 aromatic carbocycles.